The van der Waals surface area contributed by atoms with Gasteiger partial charge in [0.2, 0.25) is 0 Å². The van der Waals surface area contributed by atoms with Gasteiger partial charge in [-0.1, -0.05) is 18.2 Å². The van der Waals surface area contributed by atoms with Gasteiger partial charge >= 0.3 is 0 Å². The van der Waals surface area contributed by atoms with Crippen LogP contribution < -0.4 is 0 Å². The second-order valence-corrected chi connectivity index (χ2v) is 7.87. The van der Waals surface area contributed by atoms with Gasteiger partial charge in [-0.2, -0.15) is 5.10 Å². The molecule has 0 saturated carbocycles. The summed E-state index contributed by atoms with van der Waals surface area (Å²) in [4.78, 5) is 18.6. The minimum absolute atomic E-state index is 0.139. The van der Waals surface area contributed by atoms with Crippen molar-refractivity contribution in [1.29, 1.82) is 0 Å². The lowest BCUT2D eigenvalue weighted by atomic mass is 9.91. The van der Waals surface area contributed by atoms with E-state index in [1.165, 1.54) is 6.07 Å². The Morgan fingerprint density at radius 2 is 2.00 bits per heavy atom. The van der Waals surface area contributed by atoms with E-state index < -0.39 is 17.7 Å². The van der Waals surface area contributed by atoms with Gasteiger partial charge in [0, 0.05) is 35.2 Å². The number of halogens is 2. The average molecular weight is 420 g/mol. The quantitative estimate of drug-likeness (QED) is 0.520. The third kappa shape index (κ3) is 3.12. The van der Waals surface area contributed by atoms with Crippen LogP contribution in [0.4, 0.5) is 8.78 Å². The highest BCUT2D eigenvalue weighted by atomic mass is 19.1. The van der Waals surface area contributed by atoms with E-state index in [-0.39, 0.29) is 11.5 Å². The Kier molecular flexibility index (Phi) is 4.61. The molecule has 1 atom stereocenters. The Bertz CT molecular complexity index is 1310. The van der Waals surface area contributed by atoms with Crippen LogP contribution in [0.3, 0.4) is 0 Å². The third-order valence-electron chi connectivity index (χ3n) is 5.97. The topological polar surface area (TPSA) is 53.9 Å². The van der Waals surface area contributed by atoms with Gasteiger partial charge in [-0.3, -0.25) is 9.48 Å². The number of rotatable bonds is 3. The highest BCUT2D eigenvalue weighted by Crippen LogP contribution is 2.40. The molecule has 0 saturated heterocycles. The molecule has 0 bridgehead atoms. The first-order valence-corrected chi connectivity index (χ1v) is 10.4. The first-order chi connectivity index (χ1) is 15.0. The summed E-state index contributed by atoms with van der Waals surface area (Å²) in [7, 11) is 0. The van der Waals surface area contributed by atoms with E-state index in [9.17, 15) is 13.6 Å². The molecular weight excluding hydrogens is 398 g/mol. The number of fused-ring (bicyclic) bond motifs is 3. The van der Waals surface area contributed by atoms with E-state index in [0.29, 0.717) is 25.2 Å². The Labute approximate surface area is 178 Å². The zero-order valence-corrected chi connectivity index (χ0v) is 17.3. The Morgan fingerprint density at radius 1 is 1.19 bits per heavy atom. The van der Waals surface area contributed by atoms with Gasteiger partial charge in [-0.15, -0.1) is 0 Å². The van der Waals surface area contributed by atoms with Crippen molar-refractivity contribution < 1.29 is 13.6 Å². The van der Waals surface area contributed by atoms with Crippen LogP contribution in [0.1, 0.15) is 46.0 Å². The van der Waals surface area contributed by atoms with Gasteiger partial charge in [-0.05, 0) is 56.2 Å². The smallest absolute Gasteiger partial charge is 0.272 e. The minimum Gasteiger partial charge on any atom is -0.356 e. The molecular formula is C24H22F2N4O. The summed E-state index contributed by atoms with van der Waals surface area (Å²) in [5.41, 5.74) is 4.00. The number of hydrogen-bond donors (Lipinski definition) is 1. The molecule has 5 nitrogen and oxygen atoms in total. The molecule has 1 aliphatic heterocycles. The summed E-state index contributed by atoms with van der Waals surface area (Å²) in [6.45, 7) is 4.68. The lowest BCUT2D eigenvalue weighted by molar-refractivity contribution is 0.0676. The highest BCUT2D eigenvalue weighted by Gasteiger charge is 2.37. The molecule has 1 aliphatic rings. The summed E-state index contributed by atoms with van der Waals surface area (Å²) < 4.78 is 30.8. The van der Waals surface area contributed by atoms with Crippen molar-refractivity contribution in [2.45, 2.75) is 32.9 Å². The van der Waals surface area contributed by atoms with Crippen molar-refractivity contribution in [2.75, 3.05) is 6.54 Å². The Balaban J connectivity index is 1.71. The fraction of sp³-hybridized carbons (Fsp3) is 0.250. The van der Waals surface area contributed by atoms with Crippen molar-refractivity contribution in [3.05, 3.63) is 88.4 Å². The van der Waals surface area contributed by atoms with Gasteiger partial charge in [-0.25, -0.2) is 8.78 Å². The molecule has 0 spiro atoms. The number of amides is 1. The maximum absolute atomic E-state index is 15.0. The molecule has 2 aromatic heterocycles. The van der Waals surface area contributed by atoms with Crippen LogP contribution in [0.15, 0.2) is 48.5 Å². The number of nitrogens with one attached hydrogen (secondary N) is 1. The SMILES string of the molecule is CCn1nc(C)cc1C(=O)N1CCc2c([nH]c3ccccc23)[C@@H]1c1cc(F)ccc1F. The van der Waals surface area contributed by atoms with Crippen molar-refractivity contribution in [1.82, 2.24) is 19.7 Å². The fourth-order valence-corrected chi connectivity index (χ4v) is 4.61. The molecule has 5 rings (SSSR count). The number of hydrogen-bond acceptors (Lipinski definition) is 2. The van der Waals surface area contributed by atoms with E-state index in [0.717, 1.165) is 40.0 Å². The largest absolute Gasteiger partial charge is 0.356 e. The molecule has 0 aliphatic carbocycles. The van der Waals surface area contributed by atoms with Crippen molar-refractivity contribution in [2.24, 2.45) is 0 Å². The Morgan fingerprint density at radius 3 is 2.81 bits per heavy atom. The van der Waals surface area contributed by atoms with Gasteiger partial charge in [0.25, 0.3) is 5.91 Å². The number of nitrogens with zero attached hydrogens (tertiary/aromatic N) is 3. The zero-order valence-electron chi connectivity index (χ0n) is 17.3. The van der Waals surface area contributed by atoms with Crippen LogP contribution in [0, 0.1) is 18.6 Å². The molecule has 4 aromatic rings. The lowest BCUT2D eigenvalue weighted by Crippen LogP contribution is -2.41. The van der Waals surface area contributed by atoms with Gasteiger partial charge in [0.15, 0.2) is 0 Å². The number of aromatic amines is 1. The van der Waals surface area contributed by atoms with E-state index in [1.54, 1.807) is 15.6 Å². The van der Waals surface area contributed by atoms with Crippen LogP contribution in [0.5, 0.6) is 0 Å². The summed E-state index contributed by atoms with van der Waals surface area (Å²) in [6.07, 6.45) is 0.623. The second kappa shape index (κ2) is 7.34. The van der Waals surface area contributed by atoms with Crippen molar-refractivity contribution >= 4 is 16.8 Å². The number of H-pyrrole nitrogens is 1. The molecule has 7 heteroatoms. The van der Waals surface area contributed by atoms with Gasteiger partial charge in [0.1, 0.15) is 23.4 Å². The van der Waals surface area contributed by atoms with Gasteiger partial charge < -0.3 is 9.88 Å². The average Bonchev–Trinajstić information content (AvgIpc) is 3.34. The number of para-hydroxylation sites is 1. The summed E-state index contributed by atoms with van der Waals surface area (Å²) >= 11 is 0. The number of carbonyl (C=O) groups is 1. The molecule has 0 fully saturated rings. The van der Waals surface area contributed by atoms with Crippen molar-refractivity contribution in [3.8, 4) is 0 Å². The van der Waals surface area contributed by atoms with E-state index in [4.69, 9.17) is 0 Å². The number of aromatic nitrogens is 3. The molecule has 0 radical (unpaired) electrons. The van der Waals surface area contributed by atoms with Crippen LogP contribution in [0.25, 0.3) is 10.9 Å². The molecule has 2 aromatic carbocycles. The first kappa shape index (κ1) is 19.5. The molecule has 31 heavy (non-hydrogen) atoms. The van der Waals surface area contributed by atoms with Crippen LogP contribution in [-0.4, -0.2) is 32.1 Å². The molecule has 3 heterocycles. The first-order valence-electron chi connectivity index (χ1n) is 10.4. The number of benzene rings is 2. The fourth-order valence-electron chi connectivity index (χ4n) is 4.61. The van der Waals surface area contributed by atoms with Crippen molar-refractivity contribution in [3.63, 3.8) is 0 Å². The summed E-state index contributed by atoms with van der Waals surface area (Å²) in [6, 6.07) is 12.2. The third-order valence-corrected chi connectivity index (χ3v) is 5.97. The highest BCUT2D eigenvalue weighted by molar-refractivity contribution is 5.94. The molecule has 158 valence electrons. The van der Waals surface area contributed by atoms with Gasteiger partial charge in [0.05, 0.1) is 5.69 Å². The predicted molar refractivity (Wildman–Crippen MR) is 114 cm³/mol. The Hall–Kier alpha value is -3.48. The maximum atomic E-state index is 15.0. The number of carbonyl (C=O) groups excluding carboxylic acids is 1. The summed E-state index contributed by atoms with van der Waals surface area (Å²) in [5.74, 6) is -1.34. The molecule has 0 unspecified atom stereocenters. The zero-order chi connectivity index (χ0) is 21.7. The van der Waals surface area contributed by atoms with E-state index in [1.807, 2.05) is 38.1 Å². The van der Waals surface area contributed by atoms with Crippen LogP contribution in [-0.2, 0) is 13.0 Å². The predicted octanol–water partition coefficient (Wildman–Crippen LogP) is 4.76. The molecule has 1 N–H and O–H groups in total. The number of aryl methyl sites for hydroxylation is 2. The van der Waals surface area contributed by atoms with E-state index >= 15 is 0 Å². The molecule has 1 amide bonds. The lowest BCUT2D eigenvalue weighted by Gasteiger charge is -2.36. The monoisotopic (exact) mass is 420 g/mol. The van der Waals surface area contributed by atoms with Crippen LogP contribution >= 0.6 is 0 Å². The minimum atomic E-state index is -0.764. The standard InChI is InChI=1S/C24H22F2N4O/c1-3-30-21(12-14(2)28-30)24(31)29-11-10-17-16-6-4-5-7-20(16)27-22(17)23(29)18-13-15(25)8-9-19(18)26/h4-9,12-13,23,27H,3,10-11H2,1-2H3/t23-/m0/s1. The van der Waals surface area contributed by atoms with E-state index in [2.05, 4.69) is 10.1 Å². The normalized spacial score (nSPS) is 16.0. The second-order valence-electron chi connectivity index (χ2n) is 7.87. The van der Waals surface area contributed by atoms with Crippen LogP contribution in [0.2, 0.25) is 0 Å². The summed E-state index contributed by atoms with van der Waals surface area (Å²) in [5, 5.41) is 5.42. The maximum Gasteiger partial charge on any atom is 0.272 e.